The highest BCUT2D eigenvalue weighted by Crippen LogP contribution is 2.31. The van der Waals surface area contributed by atoms with Gasteiger partial charge in [-0.1, -0.05) is 54.6 Å². The summed E-state index contributed by atoms with van der Waals surface area (Å²) in [6, 6.07) is 21.6. The summed E-state index contributed by atoms with van der Waals surface area (Å²) >= 11 is 0. The fourth-order valence-electron chi connectivity index (χ4n) is 4.23. The third-order valence-electron chi connectivity index (χ3n) is 6.02. The van der Waals surface area contributed by atoms with E-state index in [2.05, 4.69) is 20.4 Å². The lowest BCUT2D eigenvalue weighted by Gasteiger charge is -2.15. The molecular weight excluding hydrogens is 468 g/mol. The number of hydrogen-bond acceptors (Lipinski definition) is 6. The van der Waals surface area contributed by atoms with Gasteiger partial charge in [0.25, 0.3) is 6.01 Å². The predicted molar refractivity (Wildman–Crippen MR) is 141 cm³/mol. The van der Waals surface area contributed by atoms with Crippen LogP contribution in [0.2, 0.25) is 0 Å². The van der Waals surface area contributed by atoms with Gasteiger partial charge >= 0.3 is 5.97 Å². The summed E-state index contributed by atoms with van der Waals surface area (Å²) in [4.78, 5) is 18.0. The molecule has 0 aliphatic heterocycles. The summed E-state index contributed by atoms with van der Waals surface area (Å²) in [7, 11) is 0. The molecule has 0 spiro atoms. The Morgan fingerprint density at radius 2 is 1.70 bits per heavy atom. The zero-order chi connectivity index (χ0) is 26.2. The third kappa shape index (κ3) is 4.67. The van der Waals surface area contributed by atoms with Gasteiger partial charge in [0.15, 0.2) is 0 Å². The number of fused-ring (bicyclic) bond motifs is 1. The van der Waals surface area contributed by atoms with Gasteiger partial charge in [0.1, 0.15) is 0 Å². The van der Waals surface area contributed by atoms with E-state index in [-0.39, 0.29) is 11.1 Å². The van der Waals surface area contributed by atoms with Gasteiger partial charge in [0.2, 0.25) is 5.82 Å². The van der Waals surface area contributed by atoms with Crippen LogP contribution in [-0.2, 0) is 12.1 Å². The number of aromatic nitrogens is 6. The van der Waals surface area contributed by atoms with Crippen LogP contribution in [0.1, 0.15) is 43.6 Å². The van der Waals surface area contributed by atoms with E-state index in [1.165, 1.54) is 0 Å². The molecule has 9 heteroatoms. The molecule has 188 valence electrons. The second-order valence-corrected chi connectivity index (χ2v) is 9.71. The highest BCUT2D eigenvalue weighted by atomic mass is 16.5. The first kappa shape index (κ1) is 24.2. The van der Waals surface area contributed by atoms with Crippen molar-refractivity contribution in [2.75, 3.05) is 6.61 Å². The number of tetrazole rings is 1. The molecule has 0 saturated heterocycles. The van der Waals surface area contributed by atoms with Gasteiger partial charge in [-0.05, 0) is 61.7 Å². The number of nitrogens with zero attached hydrogens (tertiary/aromatic N) is 6. The van der Waals surface area contributed by atoms with Crippen LogP contribution in [0, 0.1) is 0 Å². The van der Waals surface area contributed by atoms with Gasteiger partial charge < -0.3 is 9.84 Å². The Kier molecular flexibility index (Phi) is 6.20. The van der Waals surface area contributed by atoms with Crippen molar-refractivity contribution in [1.29, 1.82) is 0 Å². The molecule has 0 bridgehead atoms. The second-order valence-electron chi connectivity index (χ2n) is 9.71. The summed E-state index contributed by atoms with van der Waals surface area (Å²) < 4.78 is 7.57. The Bertz CT molecular complexity index is 1580. The quantitative estimate of drug-likeness (QED) is 0.327. The maximum Gasteiger partial charge on any atom is 0.337 e. The molecule has 5 rings (SSSR count). The Morgan fingerprint density at radius 3 is 2.35 bits per heavy atom. The Hall–Kier alpha value is -4.53. The number of carbonyl (C=O) groups is 1. The van der Waals surface area contributed by atoms with E-state index < -0.39 is 5.97 Å². The monoisotopic (exact) mass is 496 g/mol. The van der Waals surface area contributed by atoms with Crippen LogP contribution in [0.25, 0.3) is 33.5 Å². The van der Waals surface area contributed by atoms with Gasteiger partial charge in [0.05, 0.1) is 35.3 Å². The molecule has 1 N–H and O–H groups in total. The van der Waals surface area contributed by atoms with Crippen LogP contribution in [0.4, 0.5) is 0 Å². The zero-order valence-electron chi connectivity index (χ0n) is 21.2. The number of carboxylic acids is 1. The summed E-state index contributed by atoms with van der Waals surface area (Å²) in [5.74, 6) is -0.430. The van der Waals surface area contributed by atoms with E-state index in [0.29, 0.717) is 36.0 Å². The van der Waals surface area contributed by atoms with Gasteiger partial charge in [-0.25, -0.2) is 4.79 Å². The van der Waals surface area contributed by atoms with Crippen LogP contribution in [0.3, 0.4) is 0 Å². The largest absolute Gasteiger partial charge is 0.478 e. The average molecular weight is 497 g/mol. The van der Waals surface area contributed by atoms with Crippen molar-refractivity contribution in [2.24, 2.45) is 0 Å². The van der Waals surface area contributed by atoms with Crippen LogP contribution < -0.4 is 4.74 Å². The standard InChI is InChI=1S/C28H28N6O3/c1-5-37-27-29-23-12-8-11-22(26(35)36)24(23)33(27)17-18-13-15-19(16-14-18)20-9-6-7-10-21(20)25-30-32-34(31-25)28(2,3)4/h6-16H,5,17H2,1-4H3,(H,35,36). The number of ether oxygens (including phenoxy) is 1. The molecular formula is C28H28N6O3. The molecule has 0 fully saturated rings. The highest BCUT2D eigenvalue weighted by molar-refractivity contribution is 6.01. The first-order chi connectivity index (χ1) is 17.8. The molecule has 0 radical (unpaired) electrons. The lowest BCUT2D eigenvalue weighted by Crippen LogP contribution is -2.24. The molecule has 0 aliphatic carbocycles. The fourth-order valence-corrected chi connectivity index (χ4v) is 4.23. The number of imidazole rings is 1. The Balaban J connectivity index is 1.50. The van der Waals surface area contributed by atoms with Gasteiger partial charge in [-0.3, -0.25) is 4.57 Å². The lowest BCUT2D eigenvalue weighted by atomic mass is 9.98. The topological polar surface area (TPSA) is 108 Å². The number of hydrogen-bond donors (Lipinski definition) is 1. The third-order valence-corrected chi connectivity index (χ3v) is 6.02. The van der Waals surface area contributed by atoms with Crippen molar-refractivity contribution in [1.82, 2.24) is 29.8 Å². The number of benzene rings is 3. The van der Waals surface area contributed by atoms with Crippen molar-refractivity contribution >= 4 is 17.0 Å². The lowest BCUT2D eigenvalue weighted by molar-refractivity contribution is 0.0698. The van der Waals surface area contributed by atoms with Crippen molar-refractivity contribution in [2.45, 2.75) is 39.8 Å². The highest BCUT2D eigenvalue weighted by Gasteiger charge is 2.20. The first-order valence-corrected chi connectivity index (χ1v) is 12.1. The zero-order valence-corrected chi connectivity index (χ0v) is 21.2. The summed E-state index contributed by atoms with van der Waals surface area (Å²) in [6.45, 7) is 8.81. The van der Waals surface area contributed by atoms with Crippen LogP contribution >= 0.6 is 0 Å². The first-order valence-electron chi connectivity index (χ1n) is 12.1. The number of aromatic carboxylic acids is 1. The van der Waals surface area contributed by atoms with E-state index in [1.807, 2.05) is 80.8 Å². The maximum atomic E-state index is 11.9. The smallest absolute Gasteiger partial charge is 0.337 e. The van der Waals surface area contributed by atoms with E-state index in [1.54, 1.807) is 23.0 Å². The minimum atomic E-state index is -1.00. The molecule has 9 nitrogen and oxygen atoms in total. The van der Waals surface area contributed by atoms with E-state index in [4.69, 9.17) is 4.74 Å². The van der Waals surface area contributed by atoms with Crippen molar-refractivity contribution in [3.63, 3.8) is 0 Å². The van der Waals surface area contributed by atoms with E-state index in [0.717, 1.165) is 22.3 Å². The van der Waals surface area contributed by atoms with Gasteiger partial charge in [-0.15, -0.1) is 10.2 Å². The molecule has 0 saturated carbocycles. The molecule has 2 heterocycles. The second kappa shape index (κ2) is 9.50. The van der Waals surface area contributed by atoms with Crippen molar-refractivity contribution < 1.29 is 14.6 Å². The summed E-state index contributed by atoms with van der Waals surface area (Å²) in [5, 5.41) is 22.9. The van der Waals surface area contributed by atoms with Gasteiger partial charge in [-0.2, -0.15) is 9.78 Å². The SMILES string of the molecule is CCOc1nc2cccc(C(=O)O)c2n1Cc1ccc(-c2ccccc2-c2nnn(C(C)(C)C)n2)cc1. The molecule has 0 unspecified atom stereocenters. The number of carboxylic acid groups (broad SMARTS) is 1. The van der Waals surface area contributed by atoms with E-state index in [9.17, 15) is 9.90 Å². The molecule has 0 aliphatic rings. The maximum absolute atomic E-state index is 11.9. The molecule has 37 heavy (non-hydrogen) atoms. The molecule has 0 amide bonds. The molecule has 3 aromatic carbocycles. The van der Waals surface area contributed by atoms with Crippen LogP contribution in [-0.4, -0.2) is 47.4 Å². The predicted octanol–water partition coefficient (Wildman–Crippen LogP) is 5.26. The van der Waals surface area contributed by atoms with Crippen LogP contribution in [0.15, 0.2) is 66.7 Å². The molecule has 0 atom stereocenters. The fraction of sp³-hybridized carbons (Fsp3) is 0.250. The average Bonchev–Trinajstić information content (AvgIpc) is 3.51. The minimum Gasteiger partial charge on any atom is -0.478 e. The van der Waals surface area contributed by atoms with Crippen molar-refractivity contribution in [3.8, 4) is 28.5 Å². The normalized spacial score (nSPS) is 11.7. The molecule has 2 aromatic heterocycles. The summed E-state index contributed by atoms with van der Waals surface area (Å²) in [5.41, 5.74) is 4.95. The minimum absolute atomic E-state index is 0.192. The Morgan fingerprint density at radius 1 is 0.973 bits per heavy atom. The van der Waals surface area contributed by atoms with Crippen molar-refractivity contribution in [3.05, 3.63) is 77.9 Å². The van der Waals surface area contributed by atoms with E-state index >= 15 is 0 Å². The number of rotatable bonds is 7. The summed E-state index contributed by atoms with van der Waals surface area (Å²) in [6.07, 6.45) is 0. The molecule has 5 aromatic rings. The number of para-hydroxylation sites is 1. The van der Waals surface area contributed by atoms with Gasteiger partial charge in [0, 0.05) is 5.56 Å². The van der Waals surface area contributed by atoms with Crippen LogP contribution in [0.5, 0.6) is 6.01 Å². The Labute approximate surface area is 214 Å².